The van der Waals surface area contributed by atoms with E-state index in [0.29, 0.717) is 0 Å². The largest absolute Gasteiger partial charge is 0.502 e. The Hall–Kier alpha value is -1.92. The van der Waals surface area contributed by atoms with Gasteiger partial charge in [-0.05, 0) is 12.1 Å². The molecule has 5 nitrogen and oxygen atoms in total. The van der Waals surface area contributed by atoms with Crippen molar-refractivity contribution in [1.82, 2.24) is 0 Å². The van der Waals surface area contributed by atoms with Crippen molar-refractivity contribution in [2.75, 3.05) is 0 Å². The predicted molar refractivity (Wildman–Crippen MR) is 41.4 cm³/mol. The van der Waals surface area contributed by atoms with Crippen molar-refractivity contribution >= 4 is 5.69 Å². The van der Waals surface area contributed by atoms with E-state index in [9.17, 15) is 18.9 Å². The maximum Gasteiger partial charge on any atom is 0.387 e. The Morgan fingerprint density at radius 3 is 2.64 bits per heavy atom. The van der Waals surface area contributed by atoms with Crippen LogP contribution in [0.25, 0.3) is 0 Å². The van der Waals surface area contributed by atoms with E-state index in [2.05, 4.69) is 4.74 Å². The monoisotopic (exact) mass is 205 g/mol. The average Bonchev–Trinajstić information content (AvgIpc) is 2.01. The minimum Gasteiger partial charge on any atom is -0.502 e. The molecule has 0 aliphatic heterocycles. The molecule has 7 heteroatoms. The highest BCUT2D eigenvalue weighted by Gasteiger charge is 2.22. The highest BCUT2D eigenvalue weighted by Crippen LogP contribution is 2.36. The molecule has 1 aromatic carbocycles. The Morgan fingerprint density at radius 2 is 2.14 bits per heavy atom. The van der Waals surface area contributed by atoms with Gasteiger partial charge in [0.2, 0.25) is 5.75 Å². The van der Waals surface area contributed by atoms with Gasteiger partial charge in [-0.3, -0.25) is 10.1 Å². The molecular formula is C7H5F2NO4. The number of ether oxygens (including phenoxy) is 1. The first-order valence-electron chi connectivity index (χ1n) is 3.43. The molecule has 0 heterocycles. The molecule has 0 spiro atoms. The lowest BCUT2D eigenvalue weighted by molar-refractivity contribution is -0.387. The van der Waals surface area contributed by atoms with Crippen LogP contribution < -0.4 is 4.74 Å². The third kappa shape index (κ3) is 2.06. The van der Waals surface area contributed by atoms with E-state index in [1.54, 1.807) is 0 Å². The van der Waals surface area contributed by atoms with E-state index in [-0.39, 0.29) is 0 Å². The second-order valence-corrected chi connectivity index (χ2v) is 2.26. The van der Waals surface area contributed by atoms with Gasteiger partial charge < -0.3 is 9.84 Å². The fourth-order valence-electron chi connectivity index (χ4n) is 0.885. The standard InChI is InChI=1S/C7H5F2NO4/c8-7(9)14-5-3-1-2-4(11)6(5)10(12)13/h1-3,7,11H. The third-order valence-corrected chi connectivity index (χ3v) is 1.38. The first-order valence-corrected chi connectivity index (χ1v) is 3.43. The van der Waals surface area contributed by atoms with Crippen LogP contribution in [-0.4, -0.2) is 16.6 Å². The fourth-order valence-corrected chi connectivity index (χ4v) is 0.885. The lowest BCUT2D eigenvalue weighted by Crippen LogP contribution is -2.04. The highest BCUT2D eigenvalue weighted by molar-refractivity contribution is 5.56. The van der Waals surface area contributed by atoms with Gasteiger partial charge in [-0.1, -0.05) is 6.07 Å². The van der Waals surface area contributed by atoms with Crippen LogP contribution >= 0.6 is 0 Å². The number of phenols is 1. The first-order chi connectivity index (χ1) is 6.52. The SMILES string of the molecule is O=[N+]([O-])c1c(O)cccc1OC(F)F. The van der Waals surface area contributed by atoms with E-state index in [4.69, 9.17) is 5.11 Å². The Morgan fingerprint density at radius 1 is 1.50 bits per heavy atom. The van der Waals surface area contributed by atoms with Gasteiger partial charge in [-0.25, -0.2) is 0 Å². The van der Waals surface area contributed by atoms with E-state index in [1.807, 2.05) is 0 Å². The summed E-state index contributed by atoms with van der Waals surface area (Å²) in [5.74, 6) is -1.38. The lowest BCUT2D eigenvalue weighted by Gasteiger charge is -2.05. The lowest BCUT2D eigenvalue weighted by atomic mass is 10.3. The second kappa shape index (κ2) is 3.86. The number of rotatable bonds is 3. The van der Waals surface area contributed by atoms with Gasteiger partial charge in [0, 0.05) is 0 Å². The minimum atomic E-state index is -3.17. The number of phenolic OH excluding ortho intramolecular Hbond substituents is 1. The third-order valence-electron chi connectivity index (χ3n) is 1.38. The van der Waals surface area contributed by atoms with Crippen LogP contribution in [0.1, 0.15) is 0 Å². The van der Waals surface area contributed by atoms with Gasteiger partial charge in [0.05, 0.1) is 4.92 Å². The number of halogens is 2. The molecule has 0 fully saturated rings. The predicted octanol–water partition coefficient (Wildman–Crippen LogP) is 1.90. The van der Waals surface area contributed by atoms with Gasteiger partial charge in [0.25, 0.3) is 0 Å². The van der Waals surface area contributed by atoms with Crippen molar-refractivity contribution in [2.24, 2.45) is 0 Å². The number of aromatic hydroxyl groups is 1. The molecule has 0 saturated carbocycles. The molecule has 76 valence electrons. The molecule has 0 amide bonds. The zero-order valence-electron chi connectivity index (χ0n) is 6.68. The summed E-state index contributed by atoms with van der Waals surface area (Å²) < 4.78 is 27.4. The summed E-state index contributed by atoms with van der Waals surface area (Å²) in [5, 5.41) is 19.4. The van der Waals surface area contributed by atoms with Crippen molar-refractivity contribution in [3.05, 3.63) is 28.3 Å². The van der Waals surface area contributed by atoms with Crippen molar-refractivity contribution < 1.29 is 23.5 Å². The van der Waals surface area contributed by atoms with E-state index >= 15 is 0 Å². The zero-order chi connectivity index (χ0) is 10.7. The maximum absolute atomic E-state index is 11.8. The van der Waals surface area contributed by atoms with Gasteiger partial charge in [0.15, 0.2) is 5.75 Å². The molecule has 0 unspecified atom stereocenters. The van der Waals surface area contributed by atoms with E-state index in [0.717, 1.165) is 12.1 Å². The number of benzene rings is 1. The van der Waals surface area contributed by atoms with Crippen LogP contribution in [0.3, 0.4) is 0 Å². The fraction of sp³-hybridized carbons (Fsp3) is 0.143. The molecule has 0 aromatic heterocycles. The van der Waals surface area contributed by atoms with Crippen molar-refractivity contribution in [1.29, 1.82) is 0 Å². The topological polar surface area (TPSA) is 72.6 Å². The molecule has 1 rings (SSSR count). The van der Waals surface area contributed by atoms with Gasteiger partial charge in [0.1, 0.15) is 0 Å². The normalized spacial score (nSPS) is 10.2. The van der Waals surface area contributed by atoms with E-state index in [1.165, 1.54) is 6.07 Å². The summed E-state index contributed by atoms with van der Waals surface area (Å²) >= 11 is 0. The van der Waals surface area contributed by atoms with Crippen molar-refractivity contribution in [2.45, 2.75) is 6.61 Å². The quantitative estimate of drug-likeness (QED) is 0.604. The van der Waals surface area contributed by atoms with Crippen LogP contribution in [0.15, 0.2) is 18.2 Å². The molecule has 0 bridgehead atoms. The summed E-state index contributed by atoms with van der Waals surface area (Å²) in [6, 6.07) is 3.15. The maximum atomic E-state index is 11.8. The van der Waals surface area contributed by atoms with Gasteiger partial charge in [-0.15, -0.1) is 0 Å². The summed E-state index contributed by atoms with van der Waals surface area (Å²) in [6.45, 7) is -3.17. The number of alkyl halides is 2. The number of para-hydroxylation sites is 1. The molecule has 0 saturated heterocycles. The molecule has 0 aliphatic rings. The van der Waals surface area contributed by atoms with Crippen LogP contribution in [0.4, 0.5) is 14.5 Å². The number of nitro benzene ring substituents is 1. The van der Waals surface area contributed by atoms with Crippen molar-refractivity contribution in [3.63, 3.8) is 0 Å². The molecule has 14 heavy (non-hydrogen) atoms. The molecule has 0 atom stereocenters. The van der Waals surface area contributed by atoms with Crippen LogP contribution in [-0.2, 0) is 0 Å². The Bertz CT molecular complexity index is 356. The summed E-state index contributed by atoms with van der Waals surface area (Å²) in [5.41, 5.74) is -0.868. The second-order valence-electron chi connectivity index (χ2n) is 2.26. The van der Waals surface area contributed by atoms with Crippen molar-refractivity contribution in [3.8, 4) is 11.5 Å². The van der Waals surface area contributed by atoms with Crippen LogP contribution in [0.5, 0.6) is 11.5 Å². The van der Waals surface area contributed by atoms with Gasteiger partial charge >= 0.3 is 12.3 Å². The Labute approximate surface area is 76.7 Å². The number of nitro groups is 1. The highest BCUT2D eigenvalue weighted by atomic mass is 19.3. The van der Waals surface area contributed by atoms with Crippen LogP contribution in [0, 0.1) is 10.1 Å². The molecule has 1 aromatic rings. The Kier molecular flexibility index (Phi) is 2.80. The summed E-state index contributed by atoms with van der Waals surface area (Å²) in [7, 11) is 0. The summed E-state index contributed by atoms with van der Waals surface area (Å²) in [4.78, 5) is 9.35. The molecule has 1 N–H and O–H groups in total. The smallest absolute Gasteiger partial charge is 0.387 e. The number of hydrogen-bond donors (Lipinski definition) is 1. The van der Waals surface area contributed by atoms with E-state index < -0.39 is 28.7 Å². The first kappa shape index (κ1) is 10.2. The molecular weight excluding hydrogens is 200 g/mol. The summed E-state index contributed by atoms with van der Waals surface area (Å²) in [6.07, 6.45) is 0. The van der Waals surface area contributed by atoms with Gasteiger partial charge in [-0.2, -0.15) is 8.78 Å². The molecule has 0 aliphatic carbocycles. The number of hydrogen-bond acceptors (Lipinski definition) is 4. The number of nitrogens with zero attached hydrogens (tertiary/aromatic N) is 1. The molecule has 0 radical (unpaired) electrons. The minimum absolute atomic E-state index is 0.662. The average molecular weight is 205 g/mol. The Balaban J connectivity index is 3.14. The van der Waals surface area contributed by atoms with Crippen LogP contribution in [0.2, 0.25) is 0 Å². The zero-order valence-corrected chi connectivity index (χ0v) is 6.68.